The SMILES string of the molecule is CC(C)(C)OC(=O)N1CCN(c2ccc(NC=S)cc2)CC1. The highest BCUT2D eigenvalue weighted by Crippen LogP contribution is 2.20. The molecule has 0 unspecified atom stereocenters. The largest absolute Gasteiger partial charge is 0.444 e. The number of piperazine rings is 1. The smallest absolute Gasteiger partial charge is 0.410 e. The van der Waals surface area contributed by atoms with Crippen molar-refractivity contribution in [3.05, 3.63) is 24.3 Å². The summed E-state index contributed by atoms with van der Waals surface area (Å²) in [5.41, 5.74) is 3.18. The van der Waals surface area contributed by atoms with Gasteiger partial charge < -0.3 is 19.9 Å². The maximum absolute atomic E-state index is 12.0. The van der Waals surface area contributed by atoms with Crippen LogP contribution >= 0.6 is 12.2 Å². The van der Waals surface area contributed by atoms with Crippen LogP contribution in [0.1, 0.15) is 20.8 Å². The van der Waals surface area contributed by atoms with Crippen molar-refractivity contribution in [2.45, 2.75) is 26.4 Å². The molecule has 1 aromatic rings. The quantitative estimate of drug-likeness (QED) is 0.867. The average molecular weight is 321 g/mol. The van der Waals surface area contributed by atoms with Crippen LogP contribution in [-0.2, 0) is 4.74 Å². The molecule has 1 N–H and O–H groups in total. The molecule has 5 nitrogen and oxygen atoms in total. The topological polar surface area (TPSA) is 44.8 Å². The molecule has 22 heavy (non-hydrogen) atoms. The number of anilines is 2. The Kier molecular flexibility index (Phi) is 5.24. The van der Waals surface area contributed by atoms with Crippen LogP contribution in [0.4, 0.5) is 16.2 Å². The second kappa shape index (κ2) is 6.96. The first-order valence-corrected chi connectivity index (χ1v) is 7.89. The average Bonchev–Trinajstić information content (AvgIpc) is 2.47. The molecule has 120 valence electrons. The van der Waals surface area contributed by atoms with Gasteiger partial charge in [0.1, 0.15) is 5.60 Å². The third-order valence-electron chi connectivity index (χ3n) is 3.39. The fraction of sp³-hybridized carbons (Fsp3) is 0.500. The van der Waals surface area contributed by atoms with E-state index in [2.05, 4.69) is 22.3 Å². The minimum atomic E-state index is -0.446. The predicted molar refractivity (Wildman–Crippen MR) is 93.7 cm³/mol. The number of nitrogens with zero attached hydrogens (tertiary/aromatic N) is 2. The number of carbonyl (C=O) groups excluding carboxylic acids is 1. The second-order valence-corrected chi connectivity index (χ2v) is 6.50. The predicted octanol–water partition coefficient (Wildman–Crippen LogP) is 3.11. The van der Waals surface area contributed by atoms with Gasteiger partial charge in [0.15, 0.2) is 0 Å². The number of rotatable bonds is 3. The van der Waals surface area contributed by atoms with Crippen LogP contribution in [0.5, 0.6) is 0 Å². The highest BCUT2D eigenvalue weighted by atomic mass is 32.1. The lowest BCUT2D eigenvalue weighted by molar-refractivity contribution is 0.0240. The standard InChI is InChI=1S/C16H23N3O2S/c1-16(2,3)21-15(20)19-10-8-18(9-11-19)14-6-4-13(5-7-14)17-12-22/h4-7,12H,8-11H2,1-3H3,(H,17,22). The highest BCUT2D eigenvalue weighted by molar-refractivity contribution is 7.79. The van der Waals surface area contributed by atoms with Gasteiger partial charge in [0.2, 0.25) is 0 Å². The second-order valence-electron chi connectivity index (χ2n) is 6.26. The molecule has 1 saturated heterocycles. The Morgan fingerprint density at radius 2 is 1.77 bits per heavy atom. The normalized spacial score (nSPS) is 15.4. The molecule has 1 aliphatic heterocycles. The molecule has 0 saturated carbocycles. The fourth-order valence-electron chi connectivity index (χ4n) is 2.31. The van der Waals surface area contributed by atoms with Gasteiger partial charge in [-0.3, -0.25) is 0 Å². The van der Waals surface area contributed by atoms with E-state index in [-0.39, 0.29) is 6.09 Å². The van der Waals surface area contributed by atoms with E-state index in [1.807, 2.05) is 32.9 Å². The van der Waals surface area contributed by atoms with Gasteiger partial charge in [-0.1, -0.05) is 12.2 Å². The molecule has 1 aliphatic rings. The third-order valence-corrected chi connectivity index (χ3v) is 3.51. The minimum absolute atomic E-state index is 0.229. The molecular formula is C16H23N3O2S. The van der Waals surface area contributed by atoms with Crippen LogP contribution in [0, 0.1) is 0 Å². The van der Waals surface area contributed by atoms with E-state index >= 15 is 0 Å². The molecule has 0 aliphatic carbocycles. The van der Waals surface area contributed by atoms with Crippen molar-refractivity contribution in [2.24, 2.45) is 0 Å². The fourth-order valence-corrected chi connectivity index (χ4v) is 2.45. The van der Waals surface area contributed by atoms with E-state index in [9.17, 15) is 4.79 Å². The van der Waals surface area contributed by atoms with Crippen molar-refractivity contribution in [3.8, 4) is 0 Å². The van der Waals surface area contributed by atoms with Crippen molar-refractivity contribution in [1.82, 2.24) is 4.90 Å². The van der Waals surface area contributed by atoms with Crippen molar-refractivity contribution >= 4 is 35.2 Å². The molecule has 0 atom stereocenters. The number of hydrogen-bond donors (Lipinski definition) is 1. The van der Waals surface area contributed by atoms with Gasteiger partial charge in [-0.25, -0.2) is 4.79 Å². The maximum atomic E-state index is 12.0. The van der Waals surface area contributed by atoms with Gasteiger partial charge in [0.25, 0.3) is 0 Å². The first kappa shape index (κ1) is 16.5. The first-order valence-electron chi connectivity index (χ1n) is 7.42. The molecule has 1 aromatic carbocycles. The van der Waals surface area contributed by atoms with Gasteiger partial charge in [0, 0.05) is 37.6 Å². The molecule has 0 aromatic heterocycles. The van der Waals surface area contributed by atoms with Crippen LogP contribution in [0.25, 0.3) is 0 Å². The Labute approximate surface area is 137 Å². The number of hydrogen-bond acceptors (Lipinski definition) is 4. The van der Waals surface area contributed by atoms with Crippen LogP contribution in [0.2, 0.25) is 0 Å². The van der Waals surface area contributed by atoms with Gasteiger partial charge in [-0.2, -0.15) is 0 Å². The molecule has 0 radical (unpaired) electrons. The van der Waals surface area contributed by atoms with Crippen molar-refractivity contribution in [2.75, 3.05) is 36.4 Å². The summed E-state index contributed by atoms with van der Waals surface area (Å²) in [4.78, 5) is 16.1. The first-order chi connectivity index (χ1) is 10.4. The molecule has 1 fully saturated rings. The number of carbonyl (C=O) groups is 1. The van der Waals surface area contributed by atoms with E-state index in [0.717, 1.165) is 24.5 Å². The van der Waals surface area contributed by atoms with Crippen LogP contribution < -0.4 is 10.2 Å². The summed E-state index contributed by atoms with van der Waals surface area (Å²) in [5.74, 6) is 0. The lowest BCUT2D eigenvalue weighted by Crippen LogP contribution is -2.50. The molecule has 1 amide bonds. The zero-order chi connectivity index (χ0) is 16.2. The Morgan fingerprint density at radius 3 is 2.27 bits per heavy atom. The van der Waals surface area contributed by atoms with Crippen molar-refractivity contribution in [1.29, 1.82) is 0 Å². The molecule has 2 rings (SSSR count). The van der Waals surface area contributed by atoms with Gasteiger partial charge >= 0.3 is 6.09 Å². The zero-order valence-electron chi connectivity index (χ0n) is 13.3. The number of ether oxygens (including phenoxy) is 1. The highest BCUT2D eigenvalue weighted by Gasteiger charge is 2.25. The van der Waals surface area contributed by atoms with E-state index in [1.165, 1.54) is 5.49 Å². The van der Waals surface area contributed by atoms with E-state index < -0.39 is 5.60 Å². The van der Waals surface area contributed by atoms with E-state index in [4.69, 9.17) is 17.0 Å². The number of nitrogens with one attached hydrogen (secondary N) is 1. The van der Waals surface area contributed by atoms with Crippen LogP contribution in [-0.4, -0.2) is 48.3 Å². The summed E-state index contributed by atoms with van der Waals surface area (Å²) in [6, 6.07) is 8.12. The maximum Gasteiger partial charge on any atom is 0.410 e. The Hall–Kier alpha value is -1.82. The van der Waals surface area contributed by atoms with Gasteiger partial charge in [-0.05, 0) is 45.0 Å². The summed E-state index contributed by atoms with van der Waals surface area (Å²) in [5, 5.41) is 2.98. The number of thiocarbonyl (C=S) groups is 1. The zero-order valence-corrected chi connectivity index (χ0v) is 14.2. The summed E-state index contributed by atoms with van der Waals surface area (Å²) >= 11 is 4.77. The molecule has 1 heterocycles. The van der Waals surface area contributed by atoms with Gasteiger partial charge in [0.05, 0.1) is 5.49 Å². The van der Waals surface area contributed by atoms with Crippen molar-refractivity contribution < 1.29 is 9.53 Å². The third kappa shape index (κ3) is 4.59. The molecule has 0 spiro atoms. The summed E-state index contributed by atoms with van der Waals surface area (Å²) in [6.07, 6.45) is -0.229. The monoisotopic (exact) mass is 321 g/mol. The van der Waals surface area contributed by atoms with E-state index in [1.54, 1.807) is 4.90 Å². The minimum Gasteiger partial charge on any atom is -0.444 e. The number of benzene rings is 1. The van der Waals surface area contributed by atoms with Gasteiger partial charge in [-0.15, -0.1) is 0 Å². The molecule has 0 bridgehead atoms. The Balaban J connectivity index is 1.89. The lowest BCUT2D eigenvalue weighted by Gasteiger charge is -2.36. The lowest BCUT2D eigenvalue weighted by atomic mass is 10.2. The number of amides is 1. The van der Waals surface area contributed by atoms with Crippen molar-refractivity contribution in [3.63, 3.8) is 0 Å². The Morgan fingerprint density at radius 1 is 1.18 bits per heavy atom. The molecule has 6 heteroatoms. The molecular weight excluding hydrogens is 298 g/mol. The summed E-state index contributed by atoms with van der Waals surface area (Å²) in [7, 11) is 0. The Bertz CT molecular complexity index is 517. The van der Waals surface area contributed by atoms with E-state index in [0.29, 0.717) is 13.1 Å². The van der Waals surface area contributed by atoms with Crippen LogP contribution in [0.3, 0.4) is 0 Å². The van der Waals surface area contributed by atoms with Crippen LogP contribution in [0.15, 0.2) is 24.3 Å². The summed E-state index contributed by atoms with van der Waals surface area (Å²) < 4.78 is 5.41. The summed E-state index contributed by atoms with van der Waals surface area (Å²) in [6.45, 7) is 8.62.